The number of amides is 1. The maximum absolute atomic E-state index is 12.6. The van der Waals surface area contributed by atoms with Crippen molar-refractivity contribution < 1.29 is 9.53 Å². The van der Waals surface area contributed by atoms with Gasteiger partial charge in [0.2, 0.25) is 5.91 Å². The van der Waals surface area contributed by atoms with Crippen LogP contribution in [-0.4, -0.2) is 62.1 Å². The molecule has 2 aromatic rings. The van der Waals surface area contributed by atoms with Crippen molar-refractivity contribution in [1.82, 2.24) is 15.1 Å². The molecule has 3 rings (SSSR count). The predicted octanol–water partition coefficient (Wildman–Crippen LogP) is 3.32. The first-order valence-corrected chi connectivity index (χ1v) is 10.5. The van der Waals surface area contributed by atoms with E-state index in [0.29, 0.717) is 13.0 Å². The van der Waals surface area contributed by atoms with Gasteiger partial charge in [-0.05, 0) is 30.8 Å². The number of nitrogens with one attached hydrogen (secondary N) is 1. The Labute approximate surface area is 175 Å². The SMILES string of the molecule is CN1CCN(CC(NC(=O)CCOc2cccc(Br)c2)c2ccccc2)CC1. The van der Waals surface area contributed by atoms with E-state index >= 15 is 0 Å². The van der Waals surface area contributed by atoms with E-state index in [4.69, 9.17) is 4.74 Å². The molecule has 0 bridgehead atoms. The van der Waals surface area contributed by atoms with Gasteiger partial charge < -0.3 is 15.0 Å². The Kier molecular flexibility index (Phi) is 7.89. The number of carbonyl (C=O) groups is 1. The van der Waals surface area contributed by atoms with Crippen LogP contribution >= 0.6 is 15.9 Å². The number of hydrogen-bond donors (Lipinski definition) is 1. The molecule has 28 heavy (non-hydrogen) atoms. The van der Waals surface area contributed by atoms with Crippen LogP contribution in [0, 0.1) is 0 Å². The van der Waals surface area contributed by atoms with Crippen molar-refractivity contribution in [3.8, 4) is 5.75 Å². The molecule has 0 radical (unpaired) electrons. The van der Waals surface area contributed by atoms with Crippen molar-refractivity contribution in [2.24, 2.45) is 0 Å². The third-order valence-corrected chi connectivity index (χ3v) is 5.46. The smallest absolute Gasteiger partial charge is 0.223 e. The maximum Gasteiger partial charge on any atom is 0.223 e. The van der Waals surface area contributed by atoms with E-state index in [1.54, 1.807) is 0 Å². The van der Waals surface area contributed by atoms with E-state index in [1.165, 1.54) is 0 Å². The number of ether oxygens (including phenoxy) is 1. The van der Waals surface area contributed by atoms with E-state index in [-0.39, 0.29) is 11.9 Å². The fraction of sp³-hybridized carbons (Fsp3) is 0.409. The lowest BCUT2D eigenvalue weighted by molar-refractivity contribution is -0.122. The molecule has 5 nitrogen and oxygen atoms in total. The van der Waals surface area contributed by atoms with E-state index < -0.39 is 0 Å². The number of carbonyl (C=O) groups excluding carboxylic acids is 1. The first kappa shape index (κ1) is 20.8. The number of halogens is 1. The summed E-state index contributed by atoms with van der Waals surface area (Å²) in [6, 6.07) is 17.9. The largest absolute Gasteiger partial charge is 0.493 e. The van der Waals surface area contributed by atoms with Crippen molar-refractivity contribution in [3.63, 3.8) is 0 Å². The van der Waals surface area contributed by atoms with Gasteiger partial charge in [-0.25, -0.2) is 0 Å². The first-order chi connectivity index (χ1) is 13.6. The Balaban J connectivity index is 1.53. The van der Waals surface area contributed by atoms with Crippen molar-refractivity contribution in [3.05, 3.63) is 64.6 Å². The van der Waals surface area contributed by atoms with E-state index in [2.05, 4.69) is 50.2 Å². The van der Waals surface area contributed by atoms with Crippen molar-refractivity contribution in [1.29, 1.82) is 0 Å². The highest BCUT2D eigenvalue weighted by molar-refractivity contribution is 9.10. The Morgan fingerprint density at radius 2 is 1.86 bits per heavy atom. The van der Waals surface area contributed by atoms with Crippen LogP contribution < -0.4 is 10.1 Å². The average molecular weight is 446 g/mol. The highest BCUT2D eigenvalue weighted by atomic mass is 79.9. The van der Waals surface area contributed by atoms with Gasteiger partial charge in [0.05, 0.1) is 19.1 Å². The van der Waals surface area contributed by atoms with Crippen LogP contribution in [0.15, 0.2) is 59.1 Å². The zero-order chi connectivity index (χ0) is 19.8. The van der Waals surface area contributed by atoms with Gasteiger partial charge in [0.25, 0.3) is 0 Å². The molecule has 1 fully saturated rings. The van der Waals surface area contributed by atoms with Gasteiger partial charge in [-0.2, -0.15) is 0 Å². The van der Waals surface area contributed by atoms with Crippen molar-refractivity contribution in [2.45, 2.75) is 12.5 Å². The maximum atomic E-state index is 12.6. The summed E-state index contributed by atoms with van der Waals surface area (Å²) in [7, 11) is 2.15. The minimum Gasteiger partial charge on any atom is -0.493 e. The molecule has 6 heteroatoms. The van der Waals surface area contributed by atoms with Gasteiger partial charge >= 0.3 is 0 Å². The summed E-state index contributed by atoms with van der Waals surface area (Å²) in [5.41, 5.74) is 1.14. The number of nitrogens with zero attached hydrogens (tertiary/aromatic N) is 2. The molecule has 0 aromatic heterocycles. The first-order valence-electron chi connectivity index (χ1n) is 9.74. The fourth-order valence-corrected chi connectivity index (χ4v) is 3.67. The molecular formula is C22H28BrN3O2. The highest BCUT2D eigenvalue weighted by Crippen LogP contribution is 2.18. The fourth-order valence-electron chi connectivity index (χ4n) is 3.29. The van der Waals surface area contributed by atoms with Crippen LogP contribution in [0.5, 0.6) is 5.75 Å². The van der Waals surface area contributed by atoms with Gasteiger partial charge in [-0.3, -0.25) is 9.69 Å². The van der Waals surface area contributed by atoms with Crippen LogP contribution in [-0.2, 0) is 4.79 Å². The number of hydrogen-bond acceptors (Lipinski definition) is 4. The molecule has 1 atom stereocenters. The van der Waals surface area contributed by atoms with Gasteiger partial charge in [-0.15, -0.1) is 0 Å². The summed E-state index contributed by atoms with van der Waals surface area (Å²) >= 11 is 3.43. The van der Waals surface area contributed by atoms with E-state index in [0.717, 1.165) is 48.5 Å². The molecule has 0 spiro atoms. The monoisotopic (exact) mass is 445 g/mol. The second-order valence-electron chi connectivity index (χ2n) is 7.19. The third-order valence-electron chi connectivity index (χ3n) is 4.97. The number of benzene rings is 2. The Morgan fingerprint density at radius 3 is 2.57 bits per heavy atom. The molecule has 0 aliphatic carbocycles. The van der Waals surface area contributed by atoms with E-state index in [9.17, 15) is 4.79 Å². The zero-order valence-corrected chi connectivity index (χ0v) is 17.9. The molecule has 1 saturated heterocycles. The summed E-state index contributed by atoms with van der Waals surface area (Å²) < 4.78 is 6.66. The van der Waals surface area contributed by atoms with Crippen LogP contribution in [0.25, 0.3) is 0 Å². The standard InChI is InChI=1S/C22H28BrN3O2/c1-25-11-13-26(14-12-25)17-21(18-6-3-2-4-7-18)24-22(27)10-15-28-20-9-5-8-19(23)16-20/h2-9,16,21H,10-15,17H2,1H3,(H,24,27). The van der Waals surface area contributed by atoms with Gasteiger partial charge in [0.15, 0.2) is 0 Å². The van der Waals surface area contributed by atoms with Crippen molar-refractivity contribution in [2.75, 3.05) is 46.4 Å². The molecule has 1 amide bonds. The molecule has 1 aliphatic rings. The van der Waals surface area contributed by atoms with Gasteiger partial charge in [-0.1, -0.05) is 52.3 Å². The van der Waals surface area contributed by atoms with Crippen LogP contribution in [0.3, 0.4) is 0 Å². The van der Waals surface area contributed by atoms with Crippen LogP contribution in [0.4, 0.5) is 0 Å². The minimum atomic E-state index is -0.0111. The number of rotatable bonds is 8. The lowest BCUT2D eigenvalue weighted by atomic mass is 10.1. The molecule has 1 aliphatic heterocycles. The number of likely N-dealkylation sites (N-methyl/N-ethyl adjacent to an activating group) is 1. The van der Waals surface area contributed by atoms with Crippen molar-refractivity contribution >= 4 is 21.8 Å². The molecule has 1 heterocycles. The summed E-state index contributed by atoms with van der Waals surface area (Å²) in [6.07, 6.45) is 0.332. The predicted molar refractivity (Wildman–Crippen MR) is 116 cm³/mol. The molecule has 0 saturated carbocycles. The van der Waals surface area contributed by atoms with Gasteiger partial charge in [0, 0.05) is 37.2 Å². The zero-order valence-electron chi connectivity index (χ0n) is 16.3. The number of piperazine rings is 1. The lowest BCUT2D eigenvalue weighted by Gasteiger charge is -2.35. The molecule has 150 valence electrons. The molecule has 1 N–H and O–H groups in total. The molecular weight excluding hydrogens is 418 g/mol. The minimum absolute atomic E-state index is 0.0111. The second-order valence-corrected chi connectivity index (χ2v) is 8.11. The molecule has 2 aromatic carbocycles. The third kappa shape index (κ3) is 6.62. The summed E-state index contributed by atoms with van der Waals surface area (Å²) in [6.45, 7) is 5.38. The summed E-state index contributed by atoms with van der Waals surface area (Å²) in [5.74, 6) is 0.775. The topological polar surface area (TPSA) is 44.8 Å². The normalized spacial score (nSPS) is 16.5. The van der Waals surface area contributed by atoms with E-state index in [1.807, 2.05) is 42.5 Å². The second kappa shape index (κ2) is 10.6. The lowest BCUT2D eigenvalue weighted by Crippen LogP contribution is -2.47. The van der Waals surface area contributed by atoms with Crippen LogP contribution in [0.2, 0.25) is 0 Å². The average Bonchev–Trinajstić information content (AvgIpc) is 2.70. The van der Waals surface area contributed by atoms with Gasteiger partial charge in [0.1, 0.15) is 5.75 Å². The van der Waals surface area contributed by atoms with Crippen LogP contribution in [0.1, 0.15) is 18.0 Å². The summed E-state index contributed by atoms with van der Waals surface area (Å²) in [4.78, 5) is 17.3. The summed E-state index contributed by atoms with van der Waals surface area (Å²) in [5, 5.41) is 3.21. The Hall–Kier alpha value is -1.89. The molecule has 1 unspecified atom stereocenters. The quantitative estimate of drug-likeness (QED) is 0.676. The highest BCUT2D eigenvalue weighted by Gasteiger charge is 2.21. The Bertz CT molecular complexity index is 748. The Morgan fingerprint density at radius 1 is 1.11 bits per heavy atom.